The lowest BCUT2D eigenvalue weighted by Crippen LogP contribution is -2.36. The van der Waals surface area contributed by atoms with Crippen LogP contribution in [0, 0.1) is 0 Å². The summed E-state index contributed by atoms with van der Waals surface area (Å²) in [7, 11) is 0. The summed E-state index contributed by atoms with van der Waals surface area (Å²) >= 11 is 0. The van der Waals surface area contributed by atoms with Crippen LogP contribution in [-0.2, 0) is 4.74 Å². The number of nitrogens with zero attached hydrogens (tertiary/aromatic N) is 3. The Labute approximate surface area is 128 Å². The molecule has 0 amide bonds. The van der Waals surface area contributed by atoms with Crippen LogP contribution >= 0.6 is 0 Å². The van der Waals surface area contributed by atoms with E-state index in [4.69, 9.17) is 9.72 Å². The Morgan fingerprint density at radius 2 is 2.10 bits per heavy atom. The van der Waals surface area contributed by atoms with Gasteiger partial charge in [-0.3, -0.25) is 4.90 Å². The molecule has 1 aromatic rings. The molecule has 2 saturated heterocycles. The van der Waals surface area contributed by atoms with E-state index in [1.54, 1.807) is 0 Å². The molecule has 1 atom stereocenters. The Balaban J connectivity index is 1.65. The molecule has 1 aromatic heterocycles. The molecule has 2 aliphatic rings. The number of hydrogen-bond donors (Lipinski definition) is 0. The summed E-state index contributed by atoms with van der Waals surface area (Å²) in [5.74, 6) is 1.10. The van der Waals surface area contributed by atoms with Gasteiger partial charge in [-0.25, -0.2) is 4.98 Å². The molecule has 0 saturated carbocycles. The van der Waals surface area contributed by atoms with Crippen LogP contribution in [0.1, 0.15) is 44.2 Å². The van der Waals surface area contributed by atoms with Crippen LogP contribution in [0.5, 0.6) is 0 Å². The van der Waals surface area contributed by atoms with Crippen molar-refractivity contribution in [1.82, 2.24) is 9.88 Å². The number of likely N-dealkylation sites (tertiary alicyclic amines) is 1. The summed E-state index contributed by atoms with van der Waals surface area (Å²) in [6, 6.07) is 5.06. The number of pyridine rings is 1. The van der Waals surface area contributed by atoms with Gasteiger partial charge in [0, 0.05) is 25.3 Å². The highest BCUT2D eigenvalue weighted by atomic mass is 16.5. The van der Waals surface area contributed by atoms with Crippen LogP contribution in [0.4, 0.5) is 5.82 Å². The first kappa shape index (κ1) is 14.8. The van der Waals surface area contributed by atoms with Crippen LogP contribution in [-0.4, -0.2) is 49.3 Å². The van der Waals surface area contributed by atoms with Gasteiger partial charge in [0.05, 0.1) is 13.2 Å². The van der Waals surface area contributed by atoms with Crippen molar-refractivity contribution in [2.45, 2.75) is 38.6 Å². The minimum absolute atomic E-state index is 0.586. The van der Waals surface area contributed by atoms with Crippen molar-refractivity contribution in [3.8, 4) is 0 Å². The fourth-order valence-electron chi connectivity index (χ4n) is 3.41. The third-order valence-electron chi connectivity index (χ3n) is 4.65. The van der Waals surface area contributed by atoms with E-state index in [2.05, 4.69) is 35.1 Å². The number of rotatable bonds is 5. The van der Waals surface area contributed by atoms with Crippen molar-refractivity contribution in [3.05, 3.63) is 23.9 Å². The van der Waals surface area contributed by atoms with E-state index >= 15 is 0 Å². The third kappa shape index (κ3) is 3.55. The lowest BCUT2D eigenvalue weighted by Gasteiger charge is -2.28. The topological polar surface area (TPSA) is 28.6 Å². The molecular weight excluding hydrogens is 262 g/mol. The lowest BCUT2D eigenvalue weighted by molar-refractivity contribution is 0.122. The summed E-state index contributed by atoms with van der Waals surface area (Å²) in [6.45, 7) is 8.29. The van der Waals surface area contributed by atoms with Crippen molar-refractivity contribution >= 4 is 5.82 Å². The monoisotopic (exact) mass is 289 g/mol. The Morgan fingerprint density at radius 1 is 1.24 bits per heavy atom. The van der Waals surface area contributed by atoms with E-state index in [1.165, 1.54) is 44.3 Å². The second kappa shape index (κ2) is 7.23. The number of hydrogen-bond acceptors (Lipinski definition) is 4. The standard InChI is InChI=1S/C17H27N3O/c1-2-3-8-19-9-4-5-16(19)15-6-7-17(18-14-15)20-10-12-21-13-11-20/h6-7,14,16H,2-5,8-13H2,1H3. The first-order chi connectivity index (χ1) is 10.4. The van der Waals surface area contributed by atoms with Crippen molar-refractivity contribution in [3.63, 3.8) is 0 Å². The van der Waals surface area contributed by atoms with E-state index < -0.39 is 0 Å². The van der Waals surface area contributed by atoms with Crippen LogP contribution in [0.2, 0.25) is 0 Å². The summed E-state index contributed by atoms with van der Waals surface area (Å²) < 4.78 is 5.40. The zero-order valence-corrected chi connectivity index (χ0v) is 13.1. The average molecular weight is 289 g/mol. The first-order valence-corrected chi connectivity index (χ1v) is 8.41. The summed E-state index contributed by atoms with van der Waals surface area (Å²) in [6.07, 6.45) is 7.27. The molecule has 3 rings (SSSR count). The molecule has 3 heterocycles. The van der Waals surface area contributed by atoms with Gasteiger partial charge in [-0.15, -0.1) is 0 Å². The lowest BCUT2D eigenvalue weighted by atomic mass is 10.1. The molecule has 4 heteroatoms. The highest BCUT2D eigenvalue weighted by Crippen LogP contribution is 2.32. The Morgan fingerprint density at radius 3 is 2.81 bits per heavy atom. The summed E-state index contributed by atoms with van der Waals surface area (Å²) in [4.78, 5) is 9.66. The Bertz CT molecular complexity index is 428. The van der Waals surface area contributed by atoms with E-state index in [0.717, 1.165) is 32.1 Å². The van der Waals surface area contributed by atoms with Gasteiger partial charge >= 0.3 is 0 Å². The SMILES string of the molecule is CCCCN1CCCC1c1ccc(N2CCOCC2)nc1. The molecule has 0 aliphatic carbocycles. The number of aromatic nitrogens is 1. The predicted octanol–water partition coefficient (Wildman–Crippen LogP) is 2.86. The van der Waals surface area contributed by atoms with Crippen molar-refractivity contribution < 1.29 is 4.74 Å². The molecule has 0 spiro atoms. The van der Waals surface area contributed by atoms with Gasteiger partial charge in [0.2, 0.25) is 0 Å². The minimum Gasteiger partial charge on any atom is -0.378 e. The highest BCUT2D eigenvalue weighted by Gasteiger charge is 2.25. The molecule has 0 N–H and O–H groups in total. The van der Waals surface area contributed by atoms with Crippen LogP contribution < -0.4 is 4.90 Å². The van der Waals surface area contributed by atoms with Gasteiger partial charge in [-0.05, 0) is 44.0 Å². The number of morpholine rings is 1. The molecule has 2 aliphatic heterocycles. The van der Waals surface area contributed by atoms with Gasteiger partial charge in [-0.1, -0.05) is 19.4 Å². The molecule has 21 heavy (non-hydrogen) atoms. The predicted molar refractivity (Wildman–Crippen MR) is 85.7 cm³/mol. The van der Waals surface area contributed by atoms with E-state index in [0.29, 0.717) is 6.04 Å². The summed E-state index contributed by atoms with van der Waals surface area (Å²) in [5, 5.41) is 0. The van der Waals surface area contributed by atoms with Gasteiger partial charge < -0.3 is 9.64 Å². The van der Waals surface area contributed by atoms with Gasteiger partial charge in [-0.2, -0.15) is 0 Å². The van der Waals surface area contributed by atoms with E-state index in [9.17, 15) is 0 Å². The van der Waals surface area contributed by atoms with Crippen LogP contribution in [0.3, 0.4) is 0 Å². The average Bonchev–Trinajstić information content (AvgIpc) is 3.02. The first-order valence-electron chi connectivity index (χ1n) is 8.41. The maximum atomic E-state index is 5.40. The minimum atomic E-state index is 0.586. The molecule has 4 nitrogen and oxygen atoms in total. The van der Waals surface area contributed by atoms with Gasteiger partial charge in [0.25, 0.3) is 0 Å². The Kier molecular flexibility index (Phi) is 5.09. The van der Waals surface area contributed by atoms with Gasteiger partial charge in [0.15, 0.2) is 0 Å². The maximum absolute atomic E-state index is 5.40. The zero-order valence-electron chi connectivity index (χ0n) is 13.1. The third-order valence-corrected chi connectivity index (χ3v) is 4.65. The fraction of sp³-hybridized carbons (Fsp3) is 0.706. The van der Waals surface area contributed by atoms with E-state index in [1.807, 2.05) is 0 Å². The van der Waals surface area contributed by atoms with E-state index in [-0.39, 0.29) is 0 Å². The quantitative estimate of drug-likeness (QED) is 0.833. The molecular formula is C17H27N3O. The fourth-order valence-corrected chi connectivity index (χ4v) is 3.41. The summed E-state index contributed by atoms with van der Waals surface area (Å²) in [5.41, 5.74) is 1.39. The number of anilines is 1. The molecule has 0 aromatic carbocycles. The van der Waals surface area contributed by atoms with Crippen molar-refractivity contribution in [1.29, 1.82) is 0 Å². The smallest absolute Gasteiger partial charge is 0.128 e. The molecule has 0 radical (unpaired) electrons. The molecule has 2 fully saturated rings. The maximum Gasteiger partial charge on any atom is 0.128 e. The van der Waals surface area contributed by atoms with Gasteiger partial charge in [0.1, 0.15) is 5.82 Å². The molecule has 1 unspecified atom stereocenters. The van der Waals surface area contributed by atoms with Crippen LogP contribution in [0.25, 0.3) is 0 Å². The highest BCUT2D eigenvalue weighted by molar-refractivity contribution is 5.40. The number of unbranched alkanes of at least 4 members (excludes halogenated alkanes) is 1. The second-order valence-electron chi connectivity index (χ2n) is 6.10. The molecule has 0 bridgehead atoms. The van der Waals surface area contributed by atoms with Crippen LogP contribution in [0.15, 0.2) is 18.3 Å². The van der Waals surface area contributed by atoms with Crippen molar-refractivity contribution in [2.24, 2.45) is 0 Å². The number of ether oxygens (including phenoxy) is 1. The molecule has 116 valence electrons. The van der Waals surface area contributed by atoms with Crippen molar-refractivity contribution in [2.75, 3.05) is 44.3 Å². The zero-order chi connectivity index (χ0) is 14.5. The second-order valence-corrected chi connectivity index (χ2v) is 6.10. The Hall–Kier alpha value is -1.13. The normalized spacial score (nSPS) is 23.7. The largest absolute Gasteiger partial charge is 0.378 e.